The van der Waals surface area contributed by atoms with Crippen LogP contribution in [0.4, 0.5) is 13.2 Å². The molecule has 0 aromatic heterocycles. The van der Waals surface area contributed by atoms with Gasteiger partial charge in [0, 0.05) is 10.6 Å². The molecule has 0 saturated heterocycles. The SMILES string of the molecule is O=C(NOCC(F)(F)F)c1cccc(Cl)c1. The van der Waals surface area contributed by atoms with Gasteiger partial charge in [0.2, 0.25) is 0 Å². The van der Waals surface area contributed by atoms with Gasteiger partial charge in [-0.3, -0.25) is 9.63 Å². The number of rotatable bonds is 3. The number of hydroxylamine groups is 1. The van der Waals surface area contributed by atoms with Gasteiger partial charge in [0.05, 0.1) is 0 Å². The number of alkyl halides is 3. The molecule has 0 heterocycles. The van der Waals surface area contributed by atoms with Gasteiger partial charge in [-0.15, -0.1) is 0 Å². The van der Waals surface area contributed by atoms with E-state index in [1.165, 1.54) is 24.3 Å². The van der Waals surface area contributed by atoms with Gasteiger partial charge in [0.1, 0.15) is 0 Å². The Hall–Kier alpha value is -1.27. The van der Waals surface area contributed by atoms with E-state index >= 15 is 0 Å². The number of benzene rings is 1. The van der Waals surface area contributed by atoms with Gasteiger partial charge in [0.15, 0.2) is 6.61 Å². The maximum Gasteiger partial charge on any atom is 0.414 e. The van der Waals surface area contributed by atoms with Gasteiger partial charge in [-0.1, -0.05) is 17.7 Å². The minimum absolute atomic E-state index is 0.120. The quantitative estimate of drug-likeness (QED) is 0.841. The molecule has 1 N–H and O–H groups in total. The lowest BCUT2D eigenvalue weighted by atomic mass is 10.2. The first kappa shape index (κ1) is 12.8. The Bertz CT molecular complexity index is 381. The van der Waals surface area contributed by atoms with E-state index < -0.39 is 18.7 Å². The molecule has 1 amide bonds. The highest BCUT2D eigenvalue weighted by molar-refractivity contribution is 6.30. The number of carbonyl (C=O) groups is 1. The molecule has 1 rings (SSSR count). The molecule has 0 radical (unpaired) electrons. The Morgan fingerprint density at radius 3 is 2.69 bits per heavy atom. The molecule has 0 aliphatic rings. The van der Waals surface area contributed by atoms with E-state index in [0.29, 0.717) is 5.02 Å². The normalized spacial score (nSPS) is 11.2. The summed E-state index contributed by atoms with van der Waals surface area (Å²) >= 11 is 5.59. The number of hydrogen-bond acceptors (Lipinski definition) is 2. The second kappa shape index (κ2) is 5.18. The minimum Gasteiger partial charge on any atom is -0.267 e. The molecule has 3 nitrogen and oxygen atoms in total. The maximum absolute atomic E-state index is 11.7. The summed E-state index contributed by atoms with van der Waals surface area (Å²) < 4.78 is 35.0. The Balaban J connectivity index is 2.47. The predicted molar refractivity (Wildman–Crippen MR) is 50.9 cm³/mol. The van der Waals surface area contributed by atoms with Crippen LogP contribution in [-0.4, -0.2) is 18.7 Å². The summed E-state index contributed by atoms with van der Waals surface area (Å²) in [5, 5.41) is 0.309. The topological polar surface area (TPSA) is 38.3 Å². The standard InChI is InChI=1S/C9H7ClF3NO2/c10-7-3-1-2-6(4-7)8(15)14-16-5-9(11,12)13/h1-4H,5H2,(H,14,15). The van der Waals surface area contributed by atoms with Crippen LogP contribution in [0.3, 0.4) is 0 Å². The van der Waals surface area contributed by atoms with E-state index in [-0.39, 0.29) is 5.56 Å². The first-order chi connectivity index (χ1) is 7.38. The maximum atomic E-state index is 11.7. The number of nitrogens with one attached hydrogen (secondary N) is 1. The van der Waals surface area contributed by atoms with Crippen molar-refractivity contribution in [2.75, 3.05) is 6.61 Å². The van der Waals surface area contributed by atoms with Gasteiger partial charge in [-0.05, 0) is 18.2 Å². The van der Waals surface area contributed by atoms with Crippen LogP contribution in [0.25, 0.3) is 0 Å². The van der Waals surface area contributed by atoms with Crippen LogP contribution in [0.1, 0.15) is 10.4 Å². The molecule has 0 aliphatic heterocycles. The smallest absolute Gasteiger partial charge is 0.267 e. The second-order valence-corrected chi connectivity index (χ2v) is 3.28. The summed E-state index contributed by atoms with van der Waals surface area (Å²) in [6.45, 7) is -1.54. The number of carbonyl (C=O) groups excluding carboxylic acids is 1. The average Bonchev–Trinajstić information content (AvgIpc) is 2.15. The molecule has 0 saturated carbocycles. The summed E-state index contributed by atoms with van der Waals surface area (Å²) in [4.78, 5) is 15.2. The summed E-state index contributed by atoms with van der Waals surface area (Å²) in [6.07, 6.45) is -4.48. The van der Waals surface area contributed by atoms with Crippen molar-refractivity contribution in [1.82, 2.24) is 5.48 Å². The Morgan fingerprint density at radius 2 is 2.12 bits per heavy atom. The fourth-order valence-corrected chi connectivity index (χ4v) is 1.06. The molecule has 0 fully saturated rings. The summed E-state index contributed by atoms with van der Waals surface area (Å²) in [5.41, 5.74) is 1.79. The van der Waals surface area contributed by atoms with E-state index in [1.807, 2.05) is 0 Å². The number of halogens is 4. The van der Waals surface area contributed by atoms with Crippen molar-refractivity contribution in [2.24, 2.45) is 0 Å². The average molecular weight is 254 g/mol. The second-order valence-electron chi connectivity index (χ2n) is 2.85. The van der Waals surface area contributed by atoms with Crippen LogP contribution >= 0.6 is 11.6 Å². The van der Waals surface area contributed by atoms with Gasteiger partial charge in [-0.25, -0.2) is 5.48 Å². The van der Waals surface area contributed by atoms with Gasteiger partial charge < -0.3 is 0 Å². The lowest BCUT2D eigenvalue weighted by molar-refractivity contribution is -0.184. The molecule has 88 valence electrons. The summed E-state index contributed by atoms with van der Waals surface area (Å²) in [6, 6.07) is 5.75. The third-order valence-corrected chi connectivity index (χ3v) is 1.72. The van der Waals surface area contributed by atoms with E-state index in [2.05, 4.69) is 4.84 Å². The molecule has 0 bridgehead atoms. The summed E-state index contributed by atoms with van der Waals surface area (Å²) in [7, 11) is 0. The molecule has 7 heteroatoms. The van der Waals surface area contributed by atoms with Crippen molar-refractivity contribution in [3.05, 3.63) is 34.9 Å². The highest BCUT2D eigenvalue weighted by atomic mass is 35.5. The number of amides is 1. The van der Waals surface area contributed by atoms with Crippen molar-refractivity contribution in [1.29, 1.82) is 0 Å². The lowest BCUT2D eigenvalue weighted by Gasteiger charge is -2.08. The van der Waals surface area contributed by atoms with Crippen LogP contribution < -0.4 is 5.48 Å². The minimum atomic E-state index is -4.48. The Labute approximate surface area is 94.1 Å². The fourth-order valence-electron chi connectivity index (χ4n) is 0.872. The summed E-state index contributed by atoms with van der Waals surface area (Å²) in [5.74, 6) is -0.785. The number of hydrogen-bond donors (Lipinski definition) is 1. The van der Waals surface area contributed by atoms with Crippen molar-refractivity contribution in [3.8, 4) is 0 Å². The van der Waals surface area contributed by atoms with Crippen molar-refractivity contribution in [2.45, 2.75) is 6.18 Å². The Kier molecular flexibility index (Phi) is 4.14. The zero-order chi connectivity index (χ0) is 12.2. The van der Waals surface area contributed by atoms with Crippen molar-refractivity contribution >= 4 is 17.5 Å². The first-order valence-electron chi connectivity index (χ1n) is 4.13. The van der Waals surface area contributed by atoms with Crippen LogP contribution in [-0.2, 0) is 4.84 Å². The van der Waals surface area contributed by atoms with E-state index in [4.69, 9.17) is 11.6 Å². The van der Waals surface area contributed by atoms with Gasteiger partial charge in [-0.2, -0.15) is 13.2 Å². The molecule has 0 aliphatic carbocycles. The molecular formula is C9H7ClF3NO2. The van der Waals surface area contributed by atoms with E-state index in [1.54, 1.807) is 5.48 Å². The fraction of sp³-hybridized carbons (Fsp3) is 0.222. The first-order valence-corrected chi connectivity index (χ1v) is 4.51. The molecule has 0 atom stereocenters. The third-order valence-electron chi connectivity index (χ3n) is 1.49. The van der Waals surface area contributed by atoms with Crippen LogP contribution in [0.15, 0.2) is 24.3 Å². The molecule has 1 aromatic rings. The molecular weight excluding hydrogens is 247 g/mol. The zero-order valence-corrected chi connectivity index (χ0v) is 8.60. The van der Waals surface area contributed by atoms with E-state index in [9.17, 15) is 18.0 Å². The van der Waals surface area contributed by atoms with Crippen LogP contribution in [0.2, 0.25) is 5.02 Å². The van der Waals surface area contributed by atoms with Gasteiger partial charge >= 0.3 is 6.18 Å². The van der Waals surface area contributed by atoms with Crippen LogP contribution in [0, 0.1) is 0 Å². The molecule has 0 unspecified atom stereocenters. The monoisotopic (exact) mass is 253 g/mol. The Morgan fingerprint density at radius 1 is 1.44 bits per heavy atom. The molecule has 16 heavy (non-hydrogen) atoms. The highest BCUT2D eigenvalue weighted by Crippen LogP contribution is 2.14. The zero-order valence-electron chi connectivity index (χ0n) is 7.84. The molecule has 0 spiro atoms. The third kappa shape index (κ3) is 4.50. The van der Waals surface area contributed by atoms with E-state index in [0.717, 1.165) is 0 Å². The highest BCUT2D eigenvalue weighted by Gasteiger charge is 2.28. The van der Waals surface area contributed by atoms with Gasteiger partial charge in [0.25, 0.3) is 5.91 Å². The largest absolute Gasteiger partial charge is 0.414 e. The van der Waals surface area contributed by atoms with Crippen molar-refractivity contribution < 1.29 is 22.8 Å². The lowest BCUT2D eigenvalue weighted by Crippen LogP contribution is -2.29. The van der Waals surface area contributed by atoms with Crippen molar-refractivity contribution in [3.63, 3.8) is 0 Å². The van der Waals surface area contributed by atoms with Crippen LogP contribution in [0.5, 0.6) is 0 Å². The predicted octanol–water partition coefficient (Wildman–Crippen LogP) is 2.56. The molecule has 1 aromatic carbocycles.